The first-order valence-electron chi connectivity index (χ1n) is 9.66. The third kappa shape index (κ3) is 4.02. The van der Waals surface area contributed by atoms with Gasteiger partial charge in [-0.15, -0.1) is 0 Å². The molecule has 0 radical (unpaired) electrons. The largest absolute Gasteiger partial charge is 0.496 e. The fourth-order valence-corrected chi connectivity index (χ4v) is 3.78. The summed E-state index contributed by atoms with van der Waals surface area (Å²) in [6.07, 6.45) is 3.37. The normalized spacial score (nSPS) is 12.4. The minimum atomic E-state index is -0.420. The average Bonchev–Trinajstić information content (AvgIpc) is 3.09. The molecule has 1 aliphatic carbocycles. The van der Waals surface area contributed by atoms with Gasteiger partial charge in [-0.25, -0.2) is 4.79 Å². The number of benzene rings is 3. The fraction of sp³-hybridized carbons (Fsp3) is 0.160. The lowest BCUT2D eigenvalue weighted by molar-refractivity contribution is 0.144. The first-order valence-corrected chi connectivity index (χ1v) is 9.66. The van der Waals surface area contributed by atoms with E-state index in [4.69, 9.17) is 9.47 Å². The highest BCUT2D eigenvalue weighted by molar-refractivity contribution is 5.79. The fourth-order valence-electron chi connectivity index (χ4n) is 3.78. The molecule has 0 aromatic heterocycles. The minimum Gasteiger partial charge on any atom is -0.496 e. The van der Waals surface area contributed by atoms with E-state index in [1.807, 2.05) is 60.7 Å². The van der Waals surface area contributed by atoms with Crippen molar-refractivity contribution in [3.05, 3.63) is 95.6 Å². The maximum atomic E-state index is 12.2. The summed E-state index contributed by atoms with van der Waals surface area (Å²) in [6.45, 7) is 0.699. The zero-order valence-electron chi connectivity index (χ0n) is 16.3. The zero-order valence-corrected chi connectivity index (χ0v) is 16.3. The summed E-state index contributed by atoms with van der Waals surface area (Å²) in [7, 11) is 1.64. The van der Waals surface area contributed by atoms with Crippen LogP contribution in [0.15, 0.2) is 78.9 Å². The van der Waals surface area contributed by atoms with E-state index in [2.05, 4.69) is 29.6 Å². The van der Waals surface area contributed by atoms with Gasteiger partial charge in [-0.1, -0.05) is 78.9 Å². The van der Waals surface area contributed by atoms with Crippen LogP contribution in [0, 0.1) is 0 Å². The van der Waals surface area contributed by atoms with Crippen molar-refractivity contribution in [2.24, 2.45) is 0 Å². The van der Waals surface area contributed by atoms with Crippen molar-refractivity contribution in [2.45, 2.75) is 5.92 Å². The first-order chi connectivity index (χ1) is 14.3. The van der Waals surface area contributed by atoms with E-state index in [1.54, 1.807) is 7.11 Å². The highest BCUT2D eigenvalue weighted by atomic mass is 16.5. The van der Waals surface area contributed by atoms with Crippen LogP contribution in [-0.4, -0.2) is 26.4 Å². The summed E-state index contributed by atoms with van der Waals surface area (Å²) < 4.78 is 10.8. The lowest BCUT2D eigenvalue weighted by Crippen LogP contribution is -2.26. The van der Waals surface area contributed by atoms with Crippen LogP contribution in [0.25, 0.3) is 17.2 Å². The number of carbonyl (C=O) groups is 1. The molecule has 1 amide bonds. The van der Waals surface area contributed by atoms with E-state index in [1.165, 1.54) is 22.3 Å². The number of fused-ring (bicyclic) bond motifs is 3. The second kappa shape index (κ2) is 8.65. The molecule has 0 unspecified atom stereocenters. The lowest BCUT2D eigenvalue weighted by Gasteiger charge is -2.14. The van der Waals surface area contributed by atoms with Gasteiger partial charge in [0, 0.05) is 18.0 Å². The van der Waals surface area contributed by atoms with Crippen molar-refractivity contribution in [1.82, 2.24) is 5.32 Å². The van der Waals surface area contributed by atoms with Gasteiger partial charge in [-0.2, -0.15) is 0 Å². The van der Waals surface area contributed by atoms with Gasteiger partial charge in [0.15, 0.2) is 0 Å². The molecule has 0 atom stereocenters. The molecule has 4 heteroatoms. The molecule has 29 heavy (non-hydrogen) atoms. The summed E-state index contributed by atoms with van der Waals surface area (Å²) in [5.74, 6) is 0.863. The van der Waals surface area contributed by atoms with Crippen molar-refractivity contribution in [3.63, 3.8) is 0 Å². The Balaban J connectivity index is 1.34. The number of rotatable bonds is 6. The maximum Gasteiger partial charge on any atom is 0.407 e. The summed E-state index contributed by atoms with van der Waals surface area (Å²) >= 11 is 0. The summed E-state index contributed by atoms with van der Waals surface area (Å²) in [4.78, 5) is 12.2. The average molecular weight is 385 g/mol. The lowest BCUT2D eigenvalue weighted by atomic mass is 9.98. The smallest absolute Gasteiger partial charge is 0.407 e. The van der Waals surface area contributed by atoms with Crippen LogP contribution in [0.2, 0.25) is 0 Å². The molecule has 0 bridgehead atoms. The van der Waals surface area contributed by atoms with E-state index in [9.17, 15) is 4.79 Å². The van der Waals surface area contributed by atoms with Crippen molar-refractivity contribution in [1.29, 1.82) is 0 Å². The topological polar surface area (TPSA) is 47.6 Å². The summed E-state index contributed by atoms with van der Waals surface area (Å²) in [6, 6.07) is 24.3. The first kappa shape index (κ1) is 18.8. The number of alkyl carbamates (subject to hydrolysis) is 1. The standard InChI is InChI=1S/C25H23NO3/c1-28-24-15-7-2-9-18(24)10-8-16-26-25(27)29-17-23-21-13-5-3-11-19(21)20-12-4-6-14-22(20)23/h2-15,23H,16-17H2,1H3,(H,26,27). The predicted octanol–water partition coefficient (Wildman–Crippen LogP) is 5.25. The number of ether oxygens (including phenoxy) is 2. The number of carbonyl (C=O) groups excluding carboxylic acids is 1. The number of hydrogen-bond acceptors (Lipinski definition) is 3. The van der Waals surface area contributed by atoms with Crippen LogP contribution >= 0.6 is 0 Å². The molecule has 0 fully saturated rings. The molecular formula is C25H23NO3. The van der Waals surface area contributed by atoms with E-state index in [0.29, 0.717) is 13.2 Å². The quantitative estimate of drug-likeness (QED) is 0.631. The molecule has 1 N–H and O–H groups in total. The van der Waals surface area contributed by atoms with Crippen LogP contribution in [0.4, 0.5) is 4.79 Å². The molecule has 0 aliphatic heterocycles. The zero-order chi connectivity index (χ0) is 20.1. The molecule has 0 saturated heterocycles. The Kier molecular flexibility index (Phi) is 5.61. The van der Waals surface area contributed by atoms with Gasteiger partial charge in [-0.3, -0.25) is 0 Å². The van der Waals surface area contributed by atoms with Crippen molar-refractivity contribution in [2.75, 3.05) is 20.3 Å². The molecular weight excluding hydrogens is 362 g/mol. The van der Waals surface area contributed by atoms with Gasteiger partial charge in [-0.05, 0) is 28.3 Å². The van der Waals surface area contributed by atoms with Crippen molar-refractivity contribution in [3.8, 4) is 16.9 Å². The maximum absolute atomic E-state index is 12.2. The van der Waals surface area contributed by atoms with E-state index >= 15 is 0 Å². The Labute approximate surface area is 170 Å². The molecule has 3 aromatic rings. The molecule has 0 heterocycles. The number of methoxy groups -OCH3 is 1. The predicted molar refractivity (Wildman–Crippen MR) is 115 cm³/mol. The van der Waals surface area contributed by atoms with Gasteiger partial charge < -0.3 is 14.8 Å². The molecule has 3 aromatic carbocycles. The van der Waals surface area contributed by atoms with Gasteiger partial charge in [0.25, 0.3) is 0 Å². The van der Waals surface area contributed by atoms with E-state index in [0.717, 1.165) is 11.3 Å². The van der Waals surface area contributed by atoms with Crippen LogP contribution < -0.4 is 10.1 Å². The van der Waals surface area contributed by atoms with Crippen LogP contribution in [0.3, 0.4) is 0 Å². The number of nitrogens with one attached hydrogen (secondary N) is 1. The van der Waals surface area contributed by atoms with Crippen LogP contribution in [0.5, 0.6) is 5.75 Å². The van der Waals surface area contributed by atoms with Gasteiger partial charge in [0.1, 0.15) is 12.4 Å². The highest BCUT2D eigenvalue weighted by Gasteiger charge is 2.28. The summed E-state index contributed by atoms with van der Waals surface area (Å²) in [5.41, 5.74) is 5.81. The second-order valence-corrected chi connectivity index (χ2v) is 6.85. The second-order valence-electron chi connectivity index (χ2n) is 6.85. The summed E-state index contributed by atoms with van der Waals surface area (Å²) in [5, 5.41) is 2.77. The Morgan fingerprint density at radius 1 is 0.931 bits per heavy atom. The van der Waals surface area contributed by atoms with E-state index < -0.39 is 6.09 Å². The van der Waals surface area contributed by atoms with E-state index in [-0.39, 0.29) is 5.92 Å². The van der Waals surface area contributed by atoms with Gasteiger partial charge >= 0.3 is 6.09 Å². The van der Waals surface area contributed by atoms with Gasteiger partial charge in [0.2, 0.25) is 0 Å². The molecule has 4 nitrogen and oxygen atoms in total. The molecule has 1 aliphatic rings. The van der Waals surface area contributed by atoms with Gasteiger partial charge in [0.05, 0.1) is 7.11 Å². The highest BCUT2D eigenvalue weighted by Crippen LogP contribution is 2.44. The van der Waals surface area contributed by atoms with Crippen LogP contribution in [0.1, 0.15) is 22.6 Å². The SMILES string of the molecule is COc1ccccc1C=CCNC(=O)OCC1c2ccccc2-c2ccccc21. The number of para-hydroxylation sites is 1. The minimum absolute atomic E-state index is 0.0669. The third-order valence-corrected chi connectivity index (χ3v) is 5.14. The van der Waals surface area contributed by atoms with Crippen molar-refractivity contribution >= 4 is 12.2 Å². The van der Waals surface area contributed by atoms with Crippen molar-refractivity contribution < 1.29 is 14.3 Å². The number of amides is 1. The third-order valence-electron chi connectivity index (χ3n) is 5.14. The molecule has 146 valence electrons. The Hall–Kier alpha value is -3.53. The monoisotopic (exact) mass is 385 g/mol. The molecule has 4 rings (SSSR count). The molecule has 0 saturated carbocycles. The molecule has 0 spiro atoms. The Morgan fingerprint density at radius 2 is 1.55 bits per heavy atom. The Morgan fingerprint density at radius 3 is 2.24 bits per heavy atom. The van der Waals surface area contributed by atoms with Crippen LogP contribution in [-0.2, 0) is 4.74 Å². The Bertz CT molecular complexity index is 996. The number of hydrogen-bond donors (Lipinski definition) is 1.